The van der Waals surface area contributed by atoms with Gasteiger partial charge in [0, 0.05) is 17.1 Å². The van der Waals surface area contributed by atoms with Gasteiger partial charge in [-0.2, -0.15) is 0 Å². The third-order valence-corrected chi connectivity index (χ3v) is 4.09. The lowest BCUT2D eigenvalue weighted by Crippen LogP contribution is -1.94. The van der Waals surface area contributed by atoms with E-state index in [4.69, 9.17) is 28.7 Å². The molecule has 0 atom stereocenters. The molecular weight excluding hydrogens is 321 g/mol. The van der Waals surface area contributed by atoms with E-state index < -0.39 is 0 Å². The van der Waals surface area contributed by atoms with Crippen LogP contribution in [0, 0.1) is 0 Å². The summed E-state index contributed by atoms with van der Waals surface area (Å²) in [4.78, 5) is 7.09. The first-order chi connectivity index (χ1) is 10.7. The van der Waals surface area contributed by atoms with Crippen LogP contribution in [0.1, 0.15) is 5.56 Å². The summed E-state index contributed by atoms with van der Waals surface area (Å²) in [5.74, 6) is 0. The molecule has 0 aliphatic rings. The molecule has 0 saturated carbocycles. The van der Waals surface area contributed by atoms with Gasteiger partial charge in [0.25, 0.3) is 0 Å². The van der Waals surface area contributed by atoms with Crippen molar-refractivity contribution in [2.24, 2.45) is 5.11 Å². The van der Waals surface area contributed by atoms with Gasteiger partial charge in [0.05, 0.1) is 21.1 Å². The third-order valence-electron chi connectivity index (χ3n) is 3.37. The van der Waals surface area contributed by atoms with Crippen LogP contribution >= 0.6 is 23.2 Å². The van der Waals surface area contributed by atoms with Crippen LogP contribution in [-0.4, -0.2) is 16.1 Å². The molecule has 0 fully saturated rings. The van der Waals surface area contributed by atoms with Crippen LogP contribution in [0.5, 0.6) is 0 Å². The Morgan fingerprint density at radius 1 is 1.14 bits per heavy atom. The number of benzene rings is 2. The van der Waals surface area contributed by atoms with E-state index >= 15 is 0 Å². The highest BCUT2D eigenvalue weighted by Gasteiger charge is 2.08. The number of fused-ring (bicyclic) bond motifs is 1. The molecule has 2 aromatic carbocycles. The van der Waals surface area contributed by atoms with Crippen molar-refractivity contribution in [2.75, 3.05) is 6.54 Å². The first-order valence-electron chi connectivity index (χ1n) is 6.61. The Bertz CT molecular complexity index is 864. The highest BCUT2D eigenvalue weighted by molar-refractivity contribution is 6.42. The smallest absolute Gasteiger partial charge is 0.100 e. The number of hydrogen-bond acceptors (Lipinski definition) is 2. The van der Waals surface area contributed by atoms with E-state index in [0.717, 1.165) is 28.7 Å². The number of azide groups is 1. The van der Waals surface area contributed by atoms with Crippen molar-refractivity contribution in [3.63, 3.8) is 0 Å². The van der Waals surface area contributed by atoms with Gasteiger partial charge in [0.15, 0.2) is 0 Å². The van der Waals surface area contributed by atoms with Gasteiger partial charge in [-0.25, -0.2) is 4.98 Å². The summed E-state index contributed by atoms with van der Waals surface area (Å²) in [5, 5.41) is 4.53. The molecule has 110 valence electrons. The molecular formula is C15H11Cl2N5. The Balaban J connectivity index is 1.94. The molecule has 5 nitrogen and oxygen atoms in total. The van der Waals surface area contributed by atoms with Gasteiger partial charge >= 0.3 is 0 Å². The zero-order valence-electron chi connectivity index (χ0n) is 11.4. The van der Waals surface area contributed by atoms with Crippen molar-refractivity contribution in [3.8, 4) is 5.69 Å². The van der Waals surface area contributed by atoms with E-state index in [-0.39, 0.29) is 0 Å². The lowest BCUT2D eigenvalue weighted by atomic mass is 10.1. The number of halogens is 2. The first kappa shape index (κ1) is 14.7. The molecule has 0 bridgehead atoms. The highest BCUT2D eigenvalue weighted by Crippen LogP contribution is 2.28. The van der Waals surface area contributed by atoms with E-state index in [1.165, 1.54) is 0 Å². The van der Waals surface area contributed by atoms with Crippen LogP contribution in [0.15, 0.2) is 47.8 Å². The molecule has 0 N–H and O–H groups in total. The number of rotatable bonds is 4. The summed E-state index contributed by atoms with van der Waals surface area (Å²) < 4.78 is 1.95. The van der Waals surface area contributed by atoms with E-state index in [2.05, 4.69) is 15.0 Å². The number of imidazole rings is 1. The van der Waals surface area contributed by atoms with Crippen molar-refractivity contribution in [1.82, 2.24) is 9.55 Å². The van der Waals surface area contributed by atoms with Gasteiger partial charge in [-0.05, 0) is 41.8 Å². The maximum atomic E-state index is 8.28. The minimum atomic E-state index is 0.456. The minimum absolute atomic E-state index is 0.456. The van der Waals surface area contributed by atoms with Gasteiger partial charge in [-0.15, -0.1) is 0 Å². The molecule has 0 aliphatic carbocycles. The maximum absolute atomic E-state index is 8.28. The number of nitrogens with zero attached hydrogens (tertiary/aromatic N) is 5. The Kier molecular flexibility index (Phi) is 4.20. The molecule has 3 rings (SSSR count). The fraction of sp³-hybridized carbons (Fsp3) is 0.133. The van der Waals surface area contributed by atoms with E-state index in [0.29, 0.717) is 16.6 Å². The van der Waals surface area contributed by atoms with E-state index in [1.807, 2.05) is 34.9 Å². The molecule has 0 radical (unpaired) electrons. The summed E-state index contributed by atoms with van der Waals surface area (Å²) in [5.41, 5.74) is 12.1. The van der Waals surface area contributed by atoms with Crippen LogP contribution < -0.4 is 0 Å². The van der Waals surface area contributed by atoms with Crippen molar-refractivity contribution in [3.05, 3.63) is 68.8 Å². The molecule has 7 heteroatoms. The largest absolute Gasteiger partial charge is 0.299 e. The molecule has 3 aromatic rings. The topological polar surface area (TPSA) is 66.6 Å². The summed E-state index contributed by atoms with van der Waals surface area (Å²) in [6.07, 6.45) is 2.46. The predicted octanol–water partition coefficient (Wildman–Crippen LogP) is 5.19. The molecule has 0 amide bonds. The quantitative estimate of drug-likeness (QED) is 0.368. The minimum Gasteiger partial charge on any atom is -0.299 e. The SMILES string of the molecule is [N-]=[N+]=NCCc1ccc(-n2cnc3cc(Cl)c(Cl)cc32)cc1. The van der Waals surface area contributed by atoms with Crippen LogP contribution in [0.25, 0.3) is 27.2 Å². The number of hydrogen-bond donors (Lipinski definition) is 0. The Morgan fingerprint density at radius 2 is 1.86 bits per heavy atom. The van der Waals surface area contributed by atoms with Crippen LogP contribution in [0.3, 0.4) is 0 Å². The Hall–Kier alpha value is -2.20. The second kappa shape index (κ2) is 6.28. The molecule has 0 unspecified atom stereocenters. The zero-order valence-corrected chi connectivity index (χ0v) is 13.0. The van der Waals surface area contributed by atoms with Crippen LogP contribution in [0.4, 0.5) is 0 Å². The standard InChI is InChI=1S/C15H11Cl2N5/c16-12-7-14-15(8-13(12)17)22(9-19-14)11-3-1-10(2-4-11)5-6-20-21-18/h1-4,7-9H,5-6H2. The second-order valence-corrected chi connectivity index (χ2v) is 5.55. The lowest BCUT2D eigenvalue weighted by molar-refractivity contribution is 0.954. The van der Waals surface area contributed by atoms with Gasteiger partial charge in [0.1, 0.15) is 6.33 Å². The monoisotopic (exact) mass is 331 g/mol. The van der Waals surface area contributed by atoms with Crippen LogP contribution in [0.2, 0.25) is 10.0 Å². The summed E-state index contributed by atoms with van der Waals surface area (Å²) in [7, 11) is 0. The number of aromatic nitrogens is 2. The van der Waals surface area contributed by atoms with Crippen molar-refractivity contribution >= 4 is 34.2 Å². The fourth-order valence-corrected chi connectivity index (χ4v) is 2.57. The van der Waals surface area contributed by atoms with Gasteiger partial charge < -0.3 is 0 Å². The molecule has 0 spiro atoms. The Labute approximate surface area is 136 Å². The van der Waals surface area contributed by atoms with E-state index in [1.54, 1.807) is 12.4 Å². The third kappa shape index (κ3) is 2.88. The van der Waals surface area contributed by atoms with Gasteiger partial charge in [-0.1, -0.05) is 40.4 Å². The summed E-state index contributed by atoms with van der Waals surface area (Å²) in [6, 6.07) is 11.6. The normalized spacial score (nSPS) is 10.6. The first-order valence-corrected chi connectivity index (χ1v) is 7.37. The fourth-order valence-electron chi connectivity index (χ4n) is 2.26. The highest BCUT2D eigenvalue weighted by atomic mass is 35.5. The maximum Gasteiger partial charge on any atom is 0.100 e. The zero-order chi connectivity index (χ0) is 15.5. The average Bonchev–Trinajstić information content (AvgIpc) is 2.91. The summed E-state index contributed by atoms with van der Waals surface area (Å²) in [6.45, 7) is 0.456. The summed E-state index contributed by atoms with van der Waals surface area (Å²) >= 11 is 12.1. The molecule has 0 saturated heterocycles. The molecule has 0 aliphatic heterocycles. The van der Waals surface area contributed by atoms with Crippen molar-refractivity contribution in [2.45, 2.75) is 6.42 Å². The molecule has 1 aromatic heterocycles. The van der Waals surface area contributed by atoms with Gasteiger partial charge in [-0.3, -0.25) is 4.57 Å². The average molecular weight is 332 g/mol. The Morgan fingerprint density at radius 3 is 2.59 bits per heavy atom. The predicted molar refractivity (Wildman–Crippen MR) is 88.8 cm³/mol. The van der Waals surface area contributed by atoms with Crippen molar-refractivity contribution < 1.29 is 0 Å². The lowest BCUT2D eigenvalue weighted by Gasteiger charge is -2.06. The van der Waals surface area contributed by atoms with Crippen molar-refractivity contribution in [1.29, 1.82) is 0 Å². The van der Waals surface area contributed by atoms with Crippen LogP contribution in [-0.2, 0) is 6.42 Å². The molecule has 1 heterocycles. The molecule has 22 heavy (non-hydrogen) atoms. The second-order valence-electron chi connectivity index (χ2n) is 4.74. The van der Waals surface area contributed by atoms with Gasteiger partial charge in [0.2, 0.25) is 0 Å². The van der Waals surface area contributed by atoms with E-state index in [9.17, 15) is 0 Å².